The third-order valence-corrected chi connectivity index (χ3v) is 2.27. The van der Waals surface area contributed by atoms with Crippen molar-refractivity contribution in [3.63, 3.8) is 0 Å². The van der Waals surface area contributed by atoms with E-state index < -0.39 is 12.6 Å². The van der Waals surface area contributed by atoms with E-state index in [0.717, 1.165) is 19.3 Å². The summed E-state index contributed by atoms with van der Waals surface area (Å²) in [7, 11) is 0. The Balaban J connectivity index is 2.24. The first kappa shape index (κ1) is 10.9. The summed E-state index contributed by atoms with van der Waals surface area (Å²) in [5.74, 6) is -1.69. The lowest BCUT2D eigenvalue weighted by Gasteiger charge is -2.13. The van der Waals surface area contributed by atoms with Gasteiger partial charge in [-0.15, -0.1) is 0 Å². The first-order valence-corrected chi connectivity index (χ1v) is 4.50. The van der Waals surface area contributed by atoms with Gasteiger partial charge in [0.1, 0.15) is 0 Å². The standard InChI is InChI=1S/C8H14N2O4/c9-6-3-1-2-5(6)8(13)10-14-4-7(11)12/h5-6H,1-4,9H2,(H,10,13)(H,11,12). The number of rotatable bonds is 4. The van der Waals surface area contributed by atoms with Crippen LogP contribution >= 0.6 is 0 Å². The number of hydrogen-bond donors (Lipinski definition) is 3. The molecule has 1 rings (SSSR count). The summed E-state index contributed by atoms with van der Waals surface area (Å²) in [6.45, 7) is -0.534. The fraction of sp³-hybridized carbons (Fsp3) is 0.750. The molecule has 1 amide bonds. The van der Waals surface area contributed by atoms with Crippen LogP contribution in [0.2, 0.25) is 0 Å². The van der Waals surface area contributed by atoms with E-state index in [4.69, 9.17) is 10.8 Å². The maximum Gasteiger partial charge on any atom is 0.332 e. The van der Waals surface area contributed by atoms with Crippen molar-refractivity contribution in [2.45, 2.75) is 25.3 Å². The van der Waals surface area contributed by atoms with Crippen LogP contribution in [-0.4, -0.2) is 29.6 Å². The monoisotopic (exact) mass is 202 g/mol. The number of amides is 1. The smallest absolute Gasteiger partial charge is 0.332 e. The molecule has 0 aromatic rings. The van der Waals surface area contributed by atoms with Gasteiger partial charge in [-0.1, -0.05) is 6.42 Å². The molecule has 0 saturated heterocycles. The minimum atomic E-state index is -1.12. The molecule has 0 bridgehead atoms. The largest absolute Gasteiger partial charge is 0.479 e. The highest BCUT2D eigenvalue weighted by Crippen LogP contribution is 2.23. The van der Waals surface area contributed by atoms with Crippen molar-refractivity contribution in [2.24, 2.45) is 11.7 Å². The molecular weight excluding hydrogens is 188 g/mol. The minimum absolute atomic E-state index is 0.136. The number of nitrogens with one attached hydrogen (secondary N) is 1. The van der Waals surface area contributed by atoms with Crippen molar-refractivity contribution in [3.05, 3.63) is 0 Å². The zero-order valence-corrected chi connectivity index (χ0v) is 7.73. The first-order chi connectivity index (χ1) is 6.61. The molecule has 1 aliphatic carbocycles. The highest BCUT2D eigenvalue weighted by molar-refractivity contribution is 5.79. The Morgan fingerprint density at radius 3 is 2.71 bits per heavy atom. The molecule has 0 aliphatic heterocycles. The number of carboxylic acid groups (broad SMARTS) is 1. The Kier molecular flexibility index (Phi) is 3.84. The van der Waals surface area contributed by atoms with Crippen LogP contribution in [0.4, 0.5) is 0 Å². The molecule has 4 N–H and O–H groups in total. The Labute approximate surface area is 81.4 Å². The first-order valence-electron chi connectivity index (χ1n) is 4.50. The Hall–Kier alpha value is -1.14. The number of nitrogens with two attached hydrogens (primary N) is 1. The van der Waals surface area contributed by atoms with Gasteiger partial charge in [-0.3, -0.25) is 9.63 Å². The molecule has 0 radical (unpaired) electrons. The lowest BCUT2D eigenvalue weighted by molar-refractivity contribution is -0.150. The van der Waals surface area contributed by atoms with Crippen LogP contribution in [0.5, 0.6) is 0 Å². The molecule has 1 aliphatic rings. The molecule has 80 valence electrons. The van der Waals surface area contributed by atoms with Crippen LogP contribution in [0, 0.1) is 5.92 Å². The number of hydroxylamine groups is 1. The van der Waals surface area contributed by atoms with Crippen LogP contribution in [0.25, 0.3) is 0 Å². The van der Waals surface area contributed by atoms with Gasteiger partial charge in [0.2, 0.25) is 5.91 Å². The van der Waals surface area contributed by atoms with Gasteiger partial charge < -0.3 is 10.8 Å². The highest BCUT2D eigenvalue weighted by Gasteiger charge is 2.30. The highest BCUT2D eigenvalue weighted by atomic mass is 16.7. The van der Waals surface area contributed by atoms with Crippen molar-refractivity contribution in [2.75, 3.05) is 6.61 Å². The zero-order valence-electron chi connectivity index (χ0n) is 7.73. The van der Waals surface area contributed by atoms with E-state index in [2.05, 4.69) is 10.3 Å². The van der Waals surface area contributed by atoms with E-state index in [1.165, 1.54) is 0 Å². The second kappa shape index (κ2) is 4.92. The topological polar surface area (TPSA) is 102 Å². The van der Waals surface area contributed by atoms with Crippen LogP contribution in [0.1, 0.15) is 19.3 Å². The van der Waals surface area contributed by atoms with Crippen LogP contribution < -0.4 is 11.2 Å². The van der Waals surface area contributed by atoms with E-state index in [0.29, 0.717) is 0 Å². The van der Waals surface area contributed by atoms with Gasteiger partial charge in [-0.2, -0.15) is 0 Å². The van der Waals surface area contributed by atoms with Gasteiger partial charge in [0.15, 0.2) is 6.61 Å². The van der Waals surface area contributed by atoms with Crippen molar-refractivity contribution in [1.29, 1.82) is 0 Å². The number of hydrogen-bond acceptors (Lipinski definition) is 4. The summed E-state index contributed by atoms with van der Waals surface area (Å²) in [4.78, 5) is 25.9. The number of carboxylic acids is 1. The molecule has 6 heteroatoms. The van der Waals surface area contributed by atoms with E-state index in [1.54, 1.807) is 0 Å². The number of carbonyl (C=O) groups excluding carboxylic acids is 1. The lowest BCUT2D eigenvalue weighted by Crippen LogP contribution is -2.39. The van der Waals surface area contributed by atoms with Gasteiger partial charge in [0.05, 0.1) is 5.92 Å². The van der Waals surface area contributed by atoms with Crippen LogP contribution in [-0.2, 0) is 14.4 Å². The summed E-state index contributed by atoms with van der Waals surface area (Å²) in [6, 6.07) is -0.136. The van der Waals surface area contributed by atoms with Gasteiger partial charge in [-0.25, -0.2) is 10.3 Å². The van der Waals surface area contributed by atoms with Gasteiger partial charge in [0.25, 0.3) is 0 Å². The van der Waals surface area contributed by atoms with Crippen LogP contribution in [0.15, 0.2) is 0 Å². The Morgan fingerprint density at radius 2 is 2.21 bits per heavy atom. The molecule has 2 atom stereocenters. The van der Waals surface area contributed by atoms with E-state index in [-0.39, 0.29) is 17.9 Å². The second-order valence-electron chi connectivity index (χ2n) is 3.35. The normalized spacial score (nSPS) is 26.1. The number of carbonyl (C=O) groups is 2. The van der Waals surface area contributed by atoms with Gasteiger partial charge >= 0.3 is 5.97 Å². The molecule has 0 aromatic heterocycles. The Bertz CT molecular complexity index is 231. The predicted molar refractivity (Wildman–Crippen MR) is 47.0 cm³/mol. The molecule has 0 heterocycles. The molecule has 0 aromatic carbocycles. The van der Waals surface area contributed by atoms with E-state index in [9.17, 15) is 9.59 Å². The van der Waals surface area contributed by atoms with Crippen molar-refractivity contribution >= 4 is 11.9 Å². The average Bonchev–Trinajstić information content (AvgIpc) is 2.50. The fourth-order valence-corrected chi connectivity index (χ4v) is 1.56. The lowest BCUT2D eigenvalue weighted by atomic mass is 10.0. The van der Waals surface area contributed by atoms with E-state index >= 15 is 0 Å². The average molecular weight is 202 g/mol. The van der Waals surface area contributed by atoms with Crippen molar-refractivity contribution in [3.8, 4) is 0 Å². The van der Waals surface area contributed by atoms with Gasteiger partial charge in [-0.05, 0) is 12.8 Å². The molecule has 1 saturated carbocycles. The van der Waals surface area contributed by atoms with Crippen molar-refractivity contribution < 1.29 is 19.5 Å². The molecule has 0 spiro atoms. The summed E-state index contributed by atoms with van der Waals surface area (Å²) in [5, 5.41) is 8.24. The Morgan fingerprint density at radius 1 is 1.50 bits per heavy atom. The fourth-order valence-electron chi connectivity index (χ4n) is 1.56. The SMILES string of the molecule is NC1CCCC1C(=O)NOCC(=O)O. The van der Waals surface area contributed by atoms with E-state index in [1.807, 2.05) is 0 Å². The van der Waals surface area contributed by atoms with Gasteiger partial charge in [0, 0.05) is 6.04 Å². The molecular formula is C8H14N2O4. The summed E-state index contributed by atoms with van der Waals surface area (Å²) >= 11 is 0. The maximum atomic E-state index is 11.3. The quantitative estimate of drug-likeness (QED) is 0.520. The second-order valence-corrected chi connectivity index (χ2v) is 3.35. The zero-order chi connectivity index (χ0) is 10.6. The summed E-state index contributed by atoms with van der Waals surface area (Å²) in [5.41, 5.74) is 7.77. The molecule has 2 unspecified atom stereocenters. The molecule has 6 nitrogen and oxygen atoms in total. The third kappa shape index (κ3) is 2.97. The maximum absolute atomic E-state index is 11.3. The summed E-state index contributed by atoms with van der Waals surface area (Å²) in [6.07, 6.45) is 2.50. The minimum Gasteiger partial charge on any atom is -0.479 e. The number of aliphatic carboxylic acids is 1. The molecule has 14 heavy (non-hydrogen) atoms. The third-order valence-electron chi connectivity index (χ3n) is 2.27. The summed E-state index contributed by atoms with van der Waals surface area (Å²) < 4.78 is 0. The van der Waals surface area contributed by atoms with Crippen molar-refractivity contribution in [1.82, 2.24) is 5.48 Å². The van der Waals surface area contributed by atoms with Crippen LogP contribution in [0.3, 0.4) is 0 Å². The molecule has 1 fully saturated rings. The predicted octanol–water partition coefficient (Wildman–Crippen LogP) is -0.754.